The van der Waals surface area contributed by atoms with Gasteiger partial charge in [0, 0.05) is 36.8 Å². The SMILES string of the molecule is CCCC(=O)N1CCC(Oc2ccc(Br)cc2)CC1. The smallest absolute Gasteiger partial charge is 0.222 e. The summed E-state index contributed by atoms with van der Waals surface area (Å²) >= 11 is 3.41. The second-order valence-electron chi connectivity index (χ2n) is 4.90. The lowest BCUT2D eigenvalue weighted by Gasteiger charge is -2.32. The third-order valence-electron chi connectivity index (χ3n) is 3.37. The monoisotopic (exact) mass is 325 g/mol. The number of carbonyl (C=O) groups excluding carboxylic acids is 1. The molecule has 1 aromatic rings. The first-order valence-corrected chi connectivity index (χ1v) is 7.68. The van der Waals surface area contributed by atoms with Crippen molar-refractivity contribution in [2.75, 3.05) is 13.1 Å². The summed E-state index contributed by atoms with van der Waals surface area (Å²) in [4.78, 5) is 13.7. The number of hydrogen-bond donors (Lipinski definition) is 0. The number of nitrogens with zero attached hydrogens (tertiary/aromatic N) is 1. The zero-order valence-corrected chi connectivity index (χ0v) is 12.9. The second kappa shape index (κ2) is 6.94. The zero-order valence-electron chi connectivity index (χ0n) is 11.3. The number of likely N-dealkylation sites (tertiary alicyclic amines) is 1. The molecule has 104 valence electrons. The molecule has 1 aliphatic heterocycles. The number of rotatable bonds is 4. The van der Waals surface area contributed by atoms with Crippen molar-refractivity contribution in [2.24, 2.45) is 0 Å². The van der Waals surface area contributed by atoms with Crippen LogP contribution in [0.15, 0.2) is 28.7 Å². The van der Waals surface area contributed by atoms with Crippen LogP contribution in [0.5, 0.6) is 5.75 Å². The van der Waals surface area contributed by atoms with Crippen LogP contribution in [0.4, 0.5) is 0 Å². The van der Waals surface area contributed by atoms with E-state index in [-0.39, 0.29) is 12.0 Å². The van der Waals surface area contributed by atoms with Gasteiger partial charge in [-0.25, -0.2) is 0 Å². The molecule has 0 bridgehead atoms. The minimum Gasteiger partial charge on any atom is -0.490 e. The maximum Gasteiger partial charge on any atom is 0.222 e. The second-order valence-corrected chi connectivity index (χ2v) is 5.82. The molecule has 0 aromatic heterocycles. The van der Waals surface area contributed by atoms with E-state index >= 15 is 0 Å². The summed E-state index contributed by atoms with van der Waals surface area (Å²) in [7, 11) is 0. The van der Waals surface area contributed by atoms with E-state index in [0.717, 1.165) is 42.6 Å². The molecule has 0 N–H and O–H groups in total. The molecule has 1 fully saturated rings. The molecular weight excluding hydrogens is 306 g/mol. The Kier molecular flexibility index (Phi) is 5.25. The van der Waals surface area contributed by atoms with Crippen LogP contribution in [0.2, 0.25) is 0 Å². The highest BCUT2D eigenvalue weighted by atomic mass is 79.9. The van der Waals surface area contributed by atoms with Crippen LogP contribution < -0.4 is 4.74 Å². The van der Waals surface area contributed by atoms with Crippen LogP contribution in [0.3, 0.4) is 0 Å². The van der Waals surface area contributed by atoms with Gasteiger partial charge in [0.1, 0.15) is 11.9 Å². The molecule has 2 rings (SSSR count). The summed E-state index contributed by atoms with van der Waals surface area (Å²) in [5.74, 6) is 1.19. The quantitative estimate of drug-likeness (QED) is 0.846. The van der Waals surface area contributed by atoms with Crippen LogP contribution in [0, 0.1) is 0 Å². The fourth-order valence-corrected chi connectivity index (χ4v) is 2.56. The Morgan fingerprint density at radius 3 is 2.53 bits per heavy atom. The van der Waals surface area contributed by atoms with E-state index in [9.17, 15) is 4.79 Å². The fourth-order valence-electron chi connectivity index (χ4n) is 2.30. The summed E-state index contributed by atoms with van der Waals surface area (Å²) in [6.07, 6.45) is 3.66. The van der Waals surface area contributed by atoms with Crippen LogP contribution in [-0.4, -0.2) is 30.0 Å². The third kappa shape index (κ3) is 4.23. The van der Waals surface area contributed by atoms with Crippen molar-refractivity contribution in [3.05, 3.63) is 28.7 Å². The molecule has 0 unspecified atom stereocenters. The Balaban J connectivity index is 1.80. The fraction of sp³-hybridized carbons (Fsp3) is 0.533. The molecule has 0 spiro atoms. The Morgan fingerprint density at radius 2 is 1.95 bits per heavy atom. The highest BCUT2D eigenvalue weighted by molar-refractivity contribution is 9.10. The molecule has 3 nitrogen and oxygen atoms in total. The topological polar surface area (TPSA) is 29.5 Å². The summed E-state index contributed by atoms with van der Waals surface area (Å²) in [6, 6.07) is 7.90. The lowest BCUT2D eigenvalue weighted by atomic mass is 10.1. The van der Waals surface area contributed by atoms with Crippen molar-refractivity contribution >= 4 is 21.8 Å². The lowest BCUT2D eigenvalue weighted by molar-refractivity contribution is -0.133. The Bertz CT molecular complexity index is 411. The van der Waals surface area contributed by atoms with Gasteiger partial charge in [0.2, 0.25) is 5.91 Å². The average Bonchev–Trinajstić information content (AvgIpc) is 2.42. The molecular formula is C15H20BrNO2. The van der Waals surface area contributed by atoms with Gasteiger partial charge in [-0.2, -0.15) is 0 Å². The predicted octanol–water partition coefficient (Wildman–Crippen LogP) is 3.62. The number of halogens is 1. The maximum atomic E-state index is 11.8. The minimum absolute atomic E-state index is 0.229. The van der Waals surface area contributed by atoms with Crippen LogP contribution in [0.1, 0.15) is 32.6 Å². The van der Waals surface area contributed by atoms with Gasteiger partial charge in [0.15, 0.2) is 0 Å². The highest BCUT2D eigenvalue weighted by Gasteiger charge is 2.23. The van der Waals surface area contributed by atoms with Crippen molar-refractivity contribution < 1.29 is 9.53 Å². The first-order chi connectivity index (χ1) is 9.19. The lowest BCUT2D eigenvalue weighted by Crippen LogP contribution is -2.41. The average molecular weight is 326 g/mol. The Morgan fingerprint density at radius 1 is 1.32 bits per heavy atom. The van der Waals surface area contributed by atoms with Crippen LogP contribution in [0.25, 0.3) is 0 Å². The largest absolute Gasteiger partial charge is 0.490 e. The molecule has 0 atom stereocenters. The highest BCUT2D eigenvalue weighted by Crippen LogP contribution is 2.21. The minimum atomic E-state index is 0.229. The van der Waals surface area contributed by atoms with Crippen molar-refractivity contribution in [2.45, 2.75) is 38.7 Å². The number of piperidine rings is 1. The normalized spacial score (nSPS) is 16.4. The van der Waals surface area contributed by atoms with Crippen LogP contribution in [-0.2, 0) is 4.79 Å². The van der Waals surface area contributed by atoms with E-state index in [4.69, 9.17) is 4.74 Å². The number of amides is 1. The summed E-state index contributed by atoms with van der Waals surface area (Å²) in [6.45, 7) is 3.68. The number of carbonyl (C=O) groups is 1. The van der Waals surface area contributed by atoms with Crippen molar-refractivity contribution in [3.8, 4) is 5.75 Å². The van der Waals surface area contributed by atoms with Gasteiger partial charge in [0.05, 0.1) is 0 Å². The molecule has 1 aromatic carbocycles. The van der Waals surface area contributed by atoms with Crippen molar-refractivity contribution in [3.63, 3.8) is 0 Å². The summed E-state index contributed by atoms with van der Waals surface area (Å²) in [5.41, 5.74) is 0. The Labute approximate surface area is 123 Å². The van der Waals surface area contributed by atoms with Crippen molar-refractivity contribution in [1.29, 1.82) is 0 Å². The van der Waals surface area contributed by atoms with E-state index in [1.807, 2.05) is 36.1 Å². The van der Waals surface area contributed by atoms with Crippen LogP contribution >= 0.6 is 15.9 Å². The van der Waals surface area contributed by atoms with E-state index in [1.165, 1.54) is 0 Å². The zero-order chi connectivity index (χ0) is 13.7. The number of benzene rings is 1. The molecule has 0 aliphatic carbocycles. The molecule has 0 saturated carbocycles. The van der Waals surface area contributed by atoms with Gasteiger partial charge >= 0.3 is 0 Å². The molecule has 1 aliphatic rings. The molecule has 1 heterocycles. The molecule has 4 heteroatoms. The number of ether oxygens (including phenoxy) is 1. The van der Waals surface area contributed by atoms with Gasteiger partial charge < -0.3 is 9.64 Å². The molecule has 1 saturated heterocycles. The van der Waals surface area contributed by atoms with E-state index in [0.29, 0.717) is 6.42 Å². The van der Waals surface area contributed by atoms with E-state index in [2.05, 4.69) is 15.9 Å². The number of hydrogen-bond acceptors (Lipinski definition) is 2. The standard InChI is InChI=1S/C15H20BrNO2/c1-2-3-15(18)17-10-8-14(9-11-17)19-13-6-4-12(16)5-7-13/h4-7,14H,2-3,8-11H2,1H3. The van der Waals surface area contributed by atoms with E-state index in [1.54, 1.807) is 0 Å². The van der Waals surface area contributed by atoms with Gasteiger partial charge in [-0.15, -0.1) is 0 Å². The van der Waals surface area contributed by atoms with Gasteiger partial charge in [-0.3, -0.25) is 4.79 Å². The first-order valence-electron chi connectivity index (χ1n) is 6.89. The van der Waals surface area contributed by atoms with Crippen molar-refractivity contribution in [1.82, 2.24) is 4.90 Å². The molecule has 0 radical (unpaired) electrons. The van der Waals surface area contributed by atoms with Gasteiger partial charge in [0.25, 0.3) is 0 Å². The molecule has 19 heavy (non-hydrogen) atoms. The maximum absolute atomic E-state index is 11.8. The molecule has 1 amide bonds. The summed E-state index contributed by atoms with van der Waals surface area (Å²) in [5, 5.41) is 0. The first kappa shape index (κ1) is 14.4. The summed E-state index contributed by atoms with van der Waals surface area (Å²) < 4.78 is 6.99. The van der Waals surface area contributed by atoms with Gasteiger partial charge in [-0.05, 0) is 30.7 Å². The Hall–Kier alpha value is -1.03. The van der Waals surface area contributed by atoms with E-state index < -0.39 is 0 Å². The predicted molar refractivity (Wildman–Crippen MR) is 79.3 cm³/mol. The van der Waals surface area contributed by atoms with Gasteiger partial charge in [-0.1, -0.05) is 22.9 Å². The third-order valence-corrected chi connectivity index (χ3v) is 3.90.